The minimum Gasteiger partial charge on any atom is -0.376 e. The van der Waals surface area contributed by atoms with Gasteiger partial charge in [-0.3, -0.25) is 10.00 Å². The molecule has 0 radical (unpaired) electrons. The van der Waals surface area contributed by atoms with Crippen LogP contribution < -0.4 is 0 Å². The summed E-state index contributed by atoms with van der Waals surface area (Å²) in [4.78, 5) is 2.26. The van der Waals surface area contributed by atoms with E-state index in [-0.39, 0.29) is 6.10 Å². The Morgan fingerprint density at radius 3 is 2.87 bits per heavy atom. The number of hydrogen-bond donors (Lipinski definition) is 1. The number of H-pyrrole nitrogens is 1. The van der Waals surface area contributed by atoms with E-state index in [0.717, 1.165) is 18.8 Å². The van der Waals surface area contributed by atoms with E-state index >= 15 is 0 Å². The Morgan fingerprint density at radius 2 is 2.13 bits per heavy atom. The van der Waals surface area contributed by atoms with Gasteiger partial charge in [-0.15, -0.1) is 0 Å². The summed E-state index contributed by atoms with van der Waals surface area (Å²) in [6, 6.07) is 6.52. The molecule has 1 atom stereocenters. The smallest absolute Gasteiger partial charge is 0.0936 e. The van der Waals surface area contributed by atoms with Crippen LogP contribution in [0.1, 0.15) is 16.7 Å². The van der Waals surface area contributed by atoms with Gasteiger partial charge in [-0.1, -0.05) is 12.1 Å². The van der Waals surface area contributed by atoms with E-state index in [2.05, 4.69) is 54.2 Å². The van der Waals surface area contributed by atoms with Gasteiger partial charge in [-0.2, -0.15) is 5.10 Å². The van der Waals surface area contributed by atoms with Gasteiger partial charge in [0.05, 0.1) is 37.8 Å². The van der Waals surface area contributed by atoms with Gasteiger partial charge in [0.25, 0.3) is 0 Å². The van der Waals surface area contributed by atoms with Crippen molar-refractivity contribution < 1.29 is 9.47 Å². The number of nitrogens with zero attached hydrogens (tertiary/aromatic N) is 2. The maximum atomic E-state index is 5.72. The Hall–Kier alpha value is -1.69. The minimum absolute atomic E-state index is 0.158. The maximum absolute atomic E-state index is 5.72. The number of aryl methyl sites for hydroxylation is 2. The van der Waals surface area contributed by atoms with Crippen molar-refractivity contribution in [3.63, 3.8) is 0 Å². The van der Waals surface area contributed by atoms with Crippen LogP contribution in [0.5, 0.6) is 0 Å². The fourth-order valence-electron chi connectivity index (χ4n) is 2.92. The van der Waals surface area contributed by atoms with Crippen LogP contribution in [0.4, 0.5) is 0 Å². The monoisotopic (exact) mass is 315 g/mol. The molecule has 2 heterocycles. The lowest BCUT2D eigenvalue weighted by Gasteiger charge is -2.27. The lowest BCUT2D eigenvalue weighted by Crippen LogP contribution is -2.38. The van der Waals surface area contributed by atoms with E-state index in [0.29, 0.717) is 19.8 Å². The van der Waals surface area contributed by atoms with E-state index < -0.39 is 0 Å². The number of benzene rings is 1. The lowest BCUT2D eigenvalue weighted by molar-refractivity contribution is -0.0962. The zero-order valence-electron chi connectivity index (χ0n) is 14.1. The van der Waals surface area contributed by atoms with Crippen LogP contribution in [-0.2, 0) is 16.0 Å². The molecule has 0 bridgehead atoms. The van der Waals surface area contributed by atoms with Gasteiger partial charge in [0.1, 0.15) is 0 Å². The van der Waals surface area contributed by atoms with Crippen LogP contribution in [0.15, 0.2) is 24.4 Å². The molecule has 1 unspecified atom stereocenters. The number of rotatable bonds is 5. The molecule has 1 fully saturated rings. The molecule has 3 rings (SSSR count). The molecule has 1 N–H and O–H groups in total. The van der Waals surface area contributed by atoms with Crippen molar-refractivity contribution in [2.45, 2.75) is 26.5 Å². The van der Waals surface area contributed by atoms with Crippen molar-refractivity contribution in [3.8, 4) is 11.3 Å². The summed E-state index contributed by atoms with van der Waals surface area (Å²) in [5.74, 6) is 0. The maximum Gasteiger partial charge on any atom is 0.0936 e. The molecule has 0 spiro atoms. The topological polar surface area (TPSA) is 50.4 Å². The van der Waals surface area contributed by atoms with Crippen molar-refractivity contribution in [1.29, 1.82) is 0 Å². The van der Waals surface area contributed by atoms with Crippen LogP contribution in [0.25, 0.3) is 11.3 Å². The summed E-state index contributed by atoms with van der Waals surface area (Å²) in [6.45, 7) is 8.04. The molecule has 0 amide bonds. The molecule has 1 aliphatic rings. The first-order valence-electron chi connectivity index (χ1n) is 8.11. The molecule has 0 saturated carbocycles. The molecule has 5 nitrogen and oxygen atoms in total. The number of hydrogen-bond acceptors (Lipinski definition) is 4. The molecule has 1 aromatic carbocycles. The standard InChI is InChI=1S/C18H25N3O2/c1-13-4-5-15(8-14(13)2)18-16(9-19-20-18)10-21(3)11-17-12-22-6-7-23-17/h4-5,8-9,17H,6-7,10-12H2,1-3H3,(H,19,20). The van der Waals surface area contributed by atoms with Gasteiger partial charge in [0, 0.05) is 24.2 Å². The molecular weight excluding hydrogens is 290 g/mol. The third-order valence-corrected chi connectivity index (χ3v) is 4.35. The molecule has 1 aromatic heterocycles. The minimum atomic E-state index is 0.158. The van der Waals surface area contributed by atoms with Crippen molar-refractivity contribution in [1.82, 2.24) is 15.1 Å². The normalized spacial score (nSPS) is 18.5. The molecule has 1 saturated heterocycles. The highest BCUT2D eigenvalue weighted by molar-refractivity contribution is 5.64. The summed E-state index contributed by atoms with van der Waals surface area (Å²) < 4.78 is 11.2. The number of ether oxygens (including phenoxy) is 2. The molecule has 23 heavy (non-hydrogen) atoms. The first-order chi connectivity index (χ1) is 11.1. The summed E-state index contributed by atoms with van der Waals surface area (Å²) in [7, 11) is 2.11. The van der Waals surface area contributed by atoms with E-state index in [1.165, 1.54) is 22.3 Å². The Morgan fingerprint density at radius 1 is 1.26 bits per heavy atom. The number of likely N-dealkylation sites (N-methyl/N-ethyl adjacent to an activating group) is 1. The van der Waals surface area contributed by atoms with Gasteiger partial charge in [-0.05, 0) is 38.1 Å². The molecule has 5 heteroatoms. The second kappa shape index (κ2) is 7.25. The molecule has 124 valence electrons. The van der Waals surface area contributed by atoms with Gasteiger partial charge < -0.3 is 9.47 Å². The van der Waals surface area contributed by atoms with Gasteiger partial charge >= 0.3 is 0 Å². The largest absolute Gasteiger partial charge is 0.376 e. The van der Waals surface area contributed by atoms with Crippen LogP contribution >= 0.6 is 0 Å². The van der Waals surface area contributed by atoms with E-state index in [9.17, 15) is 0 Å². The van der Waals surface area contributed by atoms with E-state index in [1.54, 1.807) is 0 Å². The summed E-state index contributed by atoms with van der Waals surface area (Å²) in [5.41, 5.74) is 6.09. The molecule has 2 aromatic rings. The van der Waals surface area contributed by atoms with Crippen LogP contribution in [0, 0.1) is 13.8 Å². The van der Waals surface area contributed by atoms with Gasteiger partial charge in [-0.25, -0.2) is 0 Å². The SMILES string of the molecule is Cc1ccc(-c2[nH]ncc2CN(C)CC2COCCO2)cc1C. The second-order valence-corrected chi connectivity index (χ2v) is 6.33. The Labute approximate surface area is 137 Å². The first kappa shape index (κ1) is 16.2. The molecule has 1 aliphatic heterocycles. The molecular formula is C18H25N3O2. The van der Waals surface area contributed by atoms with E-state index in [4.69, 9.17) is 9.47 Å². The average Bonchev–Trinajstić information content (AvgIpc) is 2.99. The van der Waals surface area contributed by atoms with Gasteiger partial charge in [0.2, 0.25) is 0 Å². The first-order valence-corrected chi connectivity index (χ1v) is 8.11. The van der Waals surface area contributed by atoms with Crippen LogP contribution in [0.2, 0.25) is 0 Å². The zero-order chi connectivity index (χ0) is 16.2. The predicted octanol–water partition coefficient (Wildman–Crippen LogP) is 2.54. The third kappa shape index (κ3) is 3.99. The Balaban J connectivity index is 1.69. The summed E-state index contributed by atoms with van der Waals surface area (Å²) in [5, 5.41) is 7.39. The Bertz CT molecular complexity index is 647. The third-order valence-electron chi connectivity index (χ3n) is 4.35. The van der Waals surface area contributed by atoms with E-state index in [1.807, 2.05) is 6.20 Å². The fourth-order valence-corrected chi connectivity index (χ4v) is 2.92. The van der Waals surface area contributed by atoms with Crippen molar-refractivity contribution >= 4 is 0 Å². The Kier molecular flexibility index (Phi) is 5.10. The second-order valence-electron chi connectivity index (χ2n) is 6.33. The number of nitrogens with one attached hydrogen (secondary N) is 1. The summed E-state index contributed by atoms with van der Waals surface area (Å²) >= 11 is 0. The van der Waals surface area contributed by atoms with Crippen molar-refractivity contribution in [2.24, 2.45) is 0 Å². The van der Waals surface area contributed by atoms with Crippen LogP contribution in [0.3, 0.4) is 0 Å². The number of aromatic nitrogens is 2. The van der Waals surface area contributed by atoms with Crippen molar-refractivity contribution in [2.75, 3.05) is 33.4 Å². The highest BCUT2D eigenvalue weighted by Crippen LogP contribution is 2.24. The average molecular weight is 315 g/mol. The van der Waals surface area contributed by atoms with Gasteiger partial charge in [0.15, 0.2) is 0 Å². The highest BCUT2D eigenvalue weighted by Gasteiger charge is 2.18. The summed E-state index contributed by atoms with van der Waals surface area (Å²) in [6.07, 6.45) is 2.07. The molecule has 0 aliphatic carbocycles. The fraction of sp³-hybridized carbons (Fsp3) is 0.500. The predicted molar refractivity (Wildman–Crippen MR) is 90.4 cm³/mol. The quantitative estimate of drug-likeness (QED) is 0.921. The number of aromatic amines is 1. The highest BCUT2D eigenvalue weighted by atomic mass is 16.6. The zero-order valence-corrected chi connectivity index (χ0v) is 14.1. The van der Waals surface area contributed by atoms with Crippen LogP contribution in [-0.4, -0.2) is 54.6 Å². The lowest BCUT2D eigenvalue weighted by atomic mass is 10.0. The van der Waals surface area contributed by atoms with Crippen molar-refractivity contribution in [3.05, 3.63) is 41.1 Å².